The van der Waals surface area contributed by atoms with Gasteiger partial charge in [-0.25, -0.2) is 4.68 Å². The number of benzene rings is 2. The number of hydrogen-bond acceptors (Lipinski definition) is 3. The maximum Gasteiger partial charge on any atom is 0.249 e. The first-order chi connectivity index (χ1) is 13.9. The highest BCUT2D eigenvalue weighted by Crippen LogP contribution is 2.26. The van der Waals surface area contributed by atoms with E-state index >= 15 is 0 Å². The number of aromatic nitrogens is 2. The summed E-state index contributed by atoms with van der Waals surface area (Å²) in [7, 11) is 0. The molecule has 2 aromatic carbocycles. The predicted molar refractivity (Wildman–Crippen MR) is 116 cm³/mol. The zero-order valence-electron chi connectivity index (χ0n) is 15.5. The molecule has 0 saturated heterocycles. The van der Waals surface area contributed by atoms with Gasteiger partial charge in [-0.2, -0.15) is 5.10 Å². The van der Waals surface area contributed by atoms with Gasteiger partial charge in [-0.05, 0) is 35.4 Å². The Morgan fingerprint density at radius 2 is 1.83 bits per heavy atom. The van der Waals surface area contributed by atoms with E-state index in [0.717, 1.165) is 11.1 Å². The molecule has 29 heavy (non-hydrogen) atoms. The summed E-state index contributed by atoms with van der Waals surface area (Å²) in [5.74, 6) is 0.106. The van der Waals surface area contributed by atoms with Gasteiger partial charge in [0.2, 0.25) is 11.8 Å². The molecule has 1 aromatic heterocycles. The quantitative estimate of drug-likeness (QED) is 0.550. The second-order valence-corrected chi connectivity index (χ2v) is 7.00. The average molecular weight is 429 g/mol. The Hall–Kier alpha value is -3.09. The number of nitrogens with zero attached hydrogens (tertiary/aromatic N) is 2. The summed E-state index contributed by atoms with van der Waals surface area (Å²) in [4.78, 5) is 23.3. The van der Waals surface area contributed by atoms with Gasteiger partial charge in [-0.3, -0.25) is 9.59 Å². The molecule has 2 amide bonds. The maximum absolute atomic E-state index is 12.3. The SMILES string of the molecule is CC(=O)Nc1ccc(/C=C/C(=O)Nc2ccnn2Cc2cccc(Cl)c2Cl)cc1. The number of nitrogens with one attached hydrogen (secondary N) is 2. The zero-order chi connectivity index (χ0) is 20.8. The molecule has 0 aliphatic carbocycles. The third-order valence-corrected chi connectivity index (χ3v) is 4.84. The van der Waals surface area contributed by atoms with Crippen LogP contribution in [0.25, 0.3) is 6.08 Å². The van der Waals surface area contributed by atoms with E-state index in [1.54, 1.807) is 53.4 Å². The Balaban J connectivity index is 1.64. The van der Waals surface area contributed by atoms with E-state index in [1.807, 2.05) is 12.1 Å². The lowest BCUT2D eigenvalue weighted by molar-refractivity contribution is -0.114. The van der Waals surface area contributed by atoms with Crippen LogP contribution >= 0.6 is 23.2 Å². The molecule has 0 atom stereocenters. The van der Waals surface area contributed by atoms with Crippen LogP contribution in [0.3, 0.4) is 0 Å². The van der Waals surface area contributed by atoms with E-state index in [4.69, 9.17) is 23.2 Å². The van der Waals surface area contributed by atoms with Crippen LogP contribution in [0.2, 0.25) is 10.0 Å². The standard InChI is InChI=1S/C21H18Cl2N4O2/c1-14(28)25-17-8-5-15(6-9-17)7-10-20(29)26-19-11-12-24-27(19)13-16-3-2-4-18(22)21(16)23/h2-12H,13H2,1H3,(H,25,28)(H,26,29)/b10-7+. The van der Waals surface area contributed by atoms with E-state index in [1.165, 1.54) is 13.0 Å². The molecule has 2 N–H and O–H groups in total. The minimum atomic E-state index is -0.296. The molecular formula is C21H18Cl2N4O2. The van der Waals surface area contributed by atoms with E-state index in [0.29, 0.717) is 28.1 Å². The van der Waals surface area contributed by atoms with Crippen LogP contribution < -0.4 is 10.6 Å². The van der Waals surface area contributed by atoms with Crippen molar-refractivity contribution in [2.75, 3.05) is 10.6 Å². The lowest BCUT2D eigenvalue weighted by Gasteiger charge is -2.10. The highest BCUT2D eigenvalue weighted by molar-refractivity contribution is 6.42. The van der Waals surface area contributed by atoms with Crippen molar-refractivity contribution in [3.63, 3.8) is 0 Å². The van der Waals surface area contributed by atoms with Gasteiger partial charge in [0.05, 0.1) is 22.8 Å². The summed E-state index contributed by atoms with van der Waals surface area (Å²) in [6, 6.07) is 14.2. The van der Waals surface area contributed by atoms with Gasteiger partial charge < -0.3 is 10.6 Å². The van der Waals surface area contributed by atoms with Crippen LogP contribution in [0.1, 0.15) is 18.1 Å². The highest BCUT2D eigenvalue weighted by atomic mass is 35.5. The van der Waals surface area contributed by atoms with Gasteiger partial charge in [0, 0.05) is 24.8 Å². The third kappa shape index (κ3) is 5.70. The average Bonchev–Trinajstić information content (AvgIpc) is 3.11. The van der Waals surface area contributed by atoms with Crippen LogP contribution in [0, 0.1) is 0 Å². The monoisotopic (exact) mass is 428 g/mol. The van der Waals surface area contributed by atoms with E-state index in [-0.39, 0.29) is 11.8 Å². The molecule has 1 heterocycles. The van der Waals surface area contributed by atoms with Crippen molar-refractivity contribution in [2.45, 2.75) is 13.5 Å². The lowest BCUT2D eigenvalue weighted by atomic mass is 10.2. The Bertz CT molecular complexity index is 1060. The molecule has 0 saturated carbocycles. The van der Waals surface area contributed by atoms with Gasteiger partial charge in [-0.15, -0.1) is 0 Å². The largest absolute Gasteiger partial charge is 0.326 e. The van der Waals surface area contributed by atoms with Crippen molar-refractivity contribution in [3.8, 4) is 0 Å². The second kappa shape index (κ2) is 9.41. The molecular weight excluding hydrogens is 411 g/mol. The molecule has 0 fully saturated rings. The van der Waals surface area contributed by atoms with Gasteiger partial charge >= 0.3 is 0 Å². The van der Waals surface area contributed by atoms with E-state index in [2.05, 4.69) is 15.7 Å². The molecule has 0 spiro atoms. The van der Waals surface area contributed by atoms with Crippen LogP contribution in [0.5, 0.6) is 0 Å². The molecule has 0 unspecified atom stereocenters. The van der Waals surface area contributed by atoms with E-state index in [9.17, 15) is 9.59 Å². The highest BCUT2D eigenvalue weighted by Gasteiger charge is 2.09. The molecule has 0 radical (unpaired) electrons. The first-order valence-electron chi connectivity index (χ1n) is 8.74. The minimum Gasteiger partial charge on any atom is -0.326 e. The van der Waals surface area contributed by atoms with Crippen molar-refractivity contribution in [1.29, 1.82) is 0 Å². The van der Waals surface area contributed by atoms with Crippen molar-refractivity contribution in [3.05, 3.63) is 82.0 Å². The summed E-state index contributed by atoms with van der Waals surface area (Å²) >= 11 is 12.3. The normalized spacial score (nSPS) is 10.9. The number of rotatable bonds is 6. The Morgan fingerprint density at radius 1 is 1.07 bits per heavy atom. The molecule has 148 valence electrons. The van der Waals surface area contributed by atoms with Gasteiger partial charge in [0.15, 0.2) is 0 Å². The van der Waals surface area contributed by atoms with Crippen molar-refractivity contribution >= 4 is 52.6 Å². The molecule has 0 aliphatic rings. The summed E-state index contributed by atoms with van der Waals surface area (Å²) in [5, 5.41) is 10.6. The molecule has 0 aliphatic heterocycles. The molecule has 8 heteroatoms. The Labute approximate surface area is 178 Å². The van der Waals surface area contributed by atoms with Gasteiger partial charge in [-0.1, -0.05) is 47.5 Å². The number of carbonyl (C=O) groups is 2. The fraction of sp³-hybridized carbons (Fsp3) is 0.0952. The number of carbonyl (C=O) groups excluding carboxylic acids is 2. The number of anilines is 2. The van der Waals surface area contributed by atoms with Crippen LogP contribution in [0.4, 0.5) is 11.5 Å². The van der Waals surface area contributed by atoms with Crippen molar-refractivity contribution in [2.24, 2.45) is 0 Å². The topological polar surface area (TPSA) is 76.0 Å². The summed E-state index contributed by atoms with van der Waals surface area (Å²) in [6.07, 6.45) is 4.71. The predicted octanol–water partition coefficient (Wildman–Crippen LogP) is 4.85. The second-order valence-electron chi connectivity index (χ2n) is 6.21. The number of hydrogen-bond donors (Lipinski definition) is 2. The van der Waals surface area contributed by atoms with Crippen molar-refractivity contribution < 1.29 is 9.59 Å². The molecule has 0 bridgehead atoms. The fourth-order valence-corrected chi connectivity index (χ4v) is 3.00. The number of halogens is 2. The van der Waals surface area contributed by atoms with E-state index < -0.39 is 0 Å². The molecule has 3 rings (SSSR count). The third-order valence-electron chi connectivity index (χ3n) is 3.98. The van der Waals surface area contributed by atoms with Crippen LogP contribution in [0.15, 0.2) is 60.8 Å². The minimum absolute atomic E-state index is 0.136. The smallest absolute Gasteiger partial charge is 0.249 e. The summed E-state index contributed by atoms with van der Waals surface area (Å²) in [6.45, 7) is 1.82. The lowest BCUT2D eigenvalue weighted by Crippen LogP contribution is -2.14. The summed E-state index contributed by atoms with van der Waals surface area (Å²) < 4.78 is 1.63. The maximum atomic E-state index is 12.3. The van der Waals surface area contributed by atoms with Crippen LogP contribution in [-0.4, -0.2) is 21.6 Å². The summed E-state index contributed by atoms with van der Waals surface area (Å²) in [5.41, 5.74) is 2.32. The van der Waals surface area contributed by atoms with Gasteiger partial charge in [0.25, 0.3) is 0 Å². The first-order valence-corrected chi connectivity index (χ1v) is 9.49. The zero-order valence-corrected chi connectivity index (χ0v) is 17.0. The molecule has 6 nitrogen and oxygen atoms in total. The van der Waals surface area contributed by atoms with Crippen LogP contribution in [-0.2, 0) is 16.1 Å². The molecule has 3 aromatic rings. The fourth-order valence-electron chi connectivity index (χ4n) is 2.62. The van der Waals surface area contributed by atoms with Crippen molar-refractivity contribution in [1.82, 2.24) is 9.78 Å². The Morgan fingerprint density at radius 3 is 2.55 bits per heavy atom. The Kier molecular flexibility index (Phi) is 6.69. The number of amides is 2. The first kappa shape index (κ1) is 20.6. The van der Waals surface area contributed by atoms with Gasteiger partial charge in [0.1, 0.15) is 5.82 Å².